The van der Waals surface area contributed by atoms with E-state index in [0.717, 1.165) is 12.0 Å². The quantitative estimate of drug-likeness (QED) is 0.472. The van der Waals surface area contributed by atoms with Crippen molar-refractivity contribution >= 4 is 51.7 Å². The van der Waals surface area contributed by atoms with Crippen molar-refractivity contribution < 1.29 is 4.79 Å². The first-order valence-electron chi connectivity index (χ1n) is 9.65. The van der Waals surface area contributed by atoms with E-state index in [1.54, 1.807) is 18.3 Å². The zero-order valence-electron chi connectivity index (χ0n) is 16.6. The van der Waals surface area contributed by atoms with E-state index in [2.05, 4.69) is 20.4 Å². The van der Waals surface area contributed by atoms with Gasteiger partial charge in [-0.2, -0.15) is 9.78 Å². The summed E-state index contributed by atoms with van der Waals surface area (Å²) >= 11 is 6.06. The summed E-state index contributed by atoms with van der Waals surface area (Å²) < 4.78 is 1.45. The third-order valence-corrected chi connectivity index (χ3v) is 5.10. The zero-order chi connectivity index (χ0) is 21.3. The van der Waals surface area contributed by atoms with Gasteiger partial charge in [-0.3, -0.25) is 4.79 Å². The molecule has 0 aliphatic heterocycles. The molecule has 8 heteroatoms. The van der Waals surface area contributed by atoms with Gasteiger partial charge >= 0.3 is 0 Å². The Hall–Kier alpha value is -3.45. The van der Waals surface area contributed by atoms with Gasteiger partial charge in [0.05, 0.1) is 17.2 Å². The Morgan fingerprint density at radius 2 is 1.97 bits per heavy atom. The molecule has 0 aliphatic rings. The van der Waals surface area contributed by atoms with E-state index in [4.69, 9.17) is 17.3 Å². The van der Waals surface area contributed by atoms with E-state index in [0.29, 0.717) is 27.2 Å². The molecule has 0 bridgehead atoms. The van der Waals surface area contributed by atoms with Crippen LogP contribution >= 0.6 is 11.6 Å². The highest BCUT2D eigenvalue weighted by Gasteiger charge is 2.24. The van der Waals surface area contributed by atoms with Crippen LogP contribution in [-0.4, -0.2) is 32.8 Å². The maximum absolute atomic E-state index is 13.0. The van der Waals surface area contributed by atoms with Gasteiger partial charge in [-0.05, 0) is 43.2 Å². The number of hydrogen-bond donors (Lipinski definition) is 2. The molecule has 7 nitrogen and oxygen atoms in total. The molecule has 0 saturated heterocycles. The fourth-order valence-corrected chi connectivity index (χ4v) is 3.30. The minimum atomic E-state index is -0.298. The van der Waals surface area contributed by atoms with Crippen molar-refractivity contribution in [2.45, 2.75) is 26.3 Å². The van der Waals surface area contributed by atoms with Crippen molar-refractivity contribution in [3.63, 3.8) is 0 Å². The Morgan fingerprint density at radius 3 is 2.67 bits per heavy atom. The Labute approximate surface area is 178 Å². The average molecular weight is 421 g/mol. The first kappa shape index (κ1) is 19.8. The predicted molar refractivity (Wildman–Crippen MR) is 121 cm³/mol. The number of carbonyl (C=O) groups excluding carboxylic acids is 1. The summed E-state index contributed by atoms with van der Waals surface area (Å²) in [6.45, 7) is 3.94. The Morgan fingerprint density at radius 1 is 1.23 bits per heavy atom. The molecule has 30 heavy (non-hydrogen) atoms. The fourth-order valence-electron chi connectivity index (χ4n) is 3.10. The van der Waals surface area contributed by atoms with Crippen LogP contribution in [0.5, 0.6) is 0 Å². The number of benzene rings is 2. The number of aromatic nitrogens is 3. The number of nitrogens with two attached hydrogens (primary N) is 1. The van der Waals surface area contributed by atoms with Gasteiger partial charge in [-0.15, -0.1) is 0 Å². The normalized spacial score (nSPS) is 12.6. The van der Waals surface area contributed by atoms with Gasteiger partial charge in [0.15, 0.2) is 5.65 Å². The minimum Gasteiger partial charge on any atom is -0.383 e. The Kier molecular flexibility index (Phi) is 5.37. The second-order valence-corrected chi connectivity index (χ2v) is 7.48. The Bertz CT molecular complexity index is 1280. The maximum Gasteiger partial charge on any atom is 0.257 e. The number of carbonyl (C=O) groups is 1. The zero-order valence-corrected chi connectivity index (χ0v) is 17.4. The average Bonchev–Trinajstić information content (AvgIpc) is 3.00. The molecule has 0 saturated carbocycles. The molecule has 2 aromatic heterocycles. The maximum atomic E-state index is 13.0. The molecular formula is C22H21ClN6O. The fraction of sp³-hybridized carbons (Fsp3) is 0.182. The lowest BCUT2D eigenvalue weighted by Gasteiger charge is -2.11. The number of rotatable bonds is 5. The molecule has 1 amide bonds. The lowest BCUT2D eigenvalue weighted by atomic mass is 10.2. The van der Waals surface area contributed by atoms with Crippen molar-refractivity contribution in [2.75, 3.05) is 5.73 Å². The first-order valence-corrected chi connectivity index (χ1v) is 10.0. The van der Waals surface area contributed by atoms with E-state index in [-0.39, 0.29) is 23.3 Å². The minimum absolute atomic E-state index is 0.00122. The monoisotopic (exact) mass is 420 g/mol. The third kappa shape index (κ3) is 3.71. The second-order valence-electron chi connectivity index (χ2n) is 7.04. The molecular weight excluding hydrogens is 400 g/mol. The second kappa shape index (κ2) is 8.12. The van der Waals surface area contributed by atoms with E-state index >= 15 is 0 Å². The van der Waals surface area contributed by atoms with Crippen LogP contribution in [0.15, 0.2) is 53.6 Å². The number of nitrogens with zero attached hydrogens (tertiary/aromatic N) is 4. The smallest absolute Gasteiger partial charge is 0.257 e. The molecule has 2 heterocycles. The molecule has 0 spiro atoms. The molecule has 0 radical (unpaired) electrons. The number of fused-ring (bicyclic) bond motifs is 2. The lowest BCUT2D eigenvalue weighted by Crippen LogP contribution is -2.32. The van der Waals surface area contributed by atoms with Gasteiger partial charge in [-0.25, -0.2) is 9.97 Å². The summed E-state index contributed by atoms with van der Waals surface area (Å²) in [7, 11) is 0. The molecule has 2 aromatic carbocycles. The molecule has 4 aromatic rings. The number of halogens is 1. The number of hydrogen-bond acceptors (Lipinski definition) is 5. The van der Waals surface area contributed by atoms with Crippen LogP contribution in [0.4, 0.5) is 5.82 Å². The highest BCUT2D eigenvalue weighted by molar-refractivity contribution is 6.30. The summed E-state index contributed by atoms with van der Waals surface area (Å²) in [6.07, 6.45) is 2.42. The summed E-state index contributed by atoms with van der Waals surface area (Å²) in [5.41, 5.74) is 9.64. The molecule has 1 unspecified atom stereocenters. The van der Waals surface area contributed by atoms with Gasteiger partial charge in [0.1, 0.15) is 16.9 Å². The molecule has 4 rings (SSSR count). The highest BCUT2D eigenvalue weighted by Crippen LogP contribution is 2.28. The van der Waals surface area contributed by atoms with Crippen molar-refractivity contribution in [1.29, 1.82) is 0 Å². The number of nitrogens with one attached hydrogen (secondary N) is 1. The van der Waals surface area contributed by atoms with Gasteiger partial charge in [0, 0.05) is 11.1 Å². The standard InChI is InChI=1S/C22H21ClN6O/c1-3-13(2)26-22(30)18-19-21(28-17-10-5-4-9-16(17)27-19)29(20(18)24)25-12-14-7-6-8-15(23)11-14/h4-13H,3,24H2,1-2H3,(H,26,30)/b25-12+. The van der Waals surface area contributed by atoms with E-state index in [9.17, 15) is 4.79 Å². The summed E-state index contributed by atoms with van der Waals surface area (Å²) in [5.74, 6) is -0.118. The number of para-hydroxylation sites is 2. The van der Waals surface area contributed by atoms with Crippen LogP contribution in [0.25, 0.3) is 22.2 Å². The topological polar surface area (TPSA) is 98.2 Å². The summed E-state index contributed by atoms with van der Waals surface area (Å²) in [4.78, 5) is 22.3. The lowest BCUT2D eigenvalue weighted by molar-refractivity contribution is 0.0941. The SMILES string of the molecule is CCC(C)NC(=O)c1c(N)n(/N=C/c2cccc(Cl)c2)c2nc3ccccc3nc12. The molecule has 152 valence electrons. The van der Waals surface area contributed by atoms with E-state index in [1.807, 2.05) is 50.2 Å². The van der Waals surface area contributed by atoms with Gasteiger partial charge in [0.2, 0.25) is 0 Å². The van der Waals surface area contributed by atoms with Gasteiger partial charge in [-0.1, -0.05) is 42.8 Å². The first-order chi connectivity index (χ1) is 14.5. The van der Waals surface area contributed by atoms with E-state index < -0.39 is 0 Å². The Balaban J connectivity index is 1.91. The van der Waals surface area contributed by atoms with Crippen LogP contribution in [0, 0.1) is 0 Å². The molecule has 0 aliphatic carbocycles. The van der Waals surface area contributed by atoms with Crippen LogP contribution in [-0.2, 0) is 0 Å². The van der Waals surface area contributed by atoms with Crippen molar-refractivity contribution in [1.82, 2.24) is 20.0 Å². The van der Waals surface area contributed by atoms with Gasteiger partial charge in [0.25, 0.3) is 5.91 Å². The van der Waals surface area contributed by atoms with Crippen molar-refractivity contribution in [2.24, 2.45) is 5.10 Å². The van der Waals surface area contributed by atoms with Crippen LogP contribution in [0.1, 0.15) is 36.2 Å². The molecule has 1 atom stereocenters. The predicted octanol–water partition coefficient (Wildman–Crippen LogP) is 4.23. The largest absolute Gasteiger partial charge is 0.383 e. The molecule has 3 N–H and O–H groups in total. The summed E-state index contributed by atoms with van der Waals surface area (Å²) in [5, 5.41) is 8.03. The number of anilines is 1. The van der Waals surface area contributed by atoms with Crippen molar-refractivity contribution in [3.05, 3.63) is 64.7 Å². The van der Waals surface area contributed by atoms with E-state index in [1.165, 1.54) is 4.68 Å². The number of nitrogen functional groups attached to an aromatic ring is 1. The van der Waals surface area contributed by atoms with Crippen molar-refractivity contribution in [3.8, 4) is 0 Å². The highest BCUT2D eigenvalue weighted by atomic mass is 35.5. The van der Waals surface area contributed by atoms with Crippen LogP contribution in [0.2, 0.25) is 5.02 Å². The third-order valence-electron chi connectivity index (χ3n) is 4.86. The van der Waals surface area contributed by atoms with Crippen LogP contribution in [0.3, 0.4) is 0 Å². The molecule has 0 fully saturated rings. The number of amides is 1. The van der Waals surface area contributed by atoms with Crippen LogP contribution < -0.4 is 11.1 Å². The summed E-state index contributed by atoms with van der Waals surface area (Å²) in [6, 6.07) is 14.7. The van der Waals surface area contributed by atoms with Gasteiger partial charge < -0.3 is 11.1 Å².